The molecule has 0 N–H and O–H groups in total. The molecule has 2 heterocycles. The van der Waals surface area contributed by atoms with E-state index in [0.29, 0.717) is 32.5 Å². The lowest BCUT2D eigenvalue weighted by Gasteiger charge is -2.59. The Kier molecular flexibility index (Phi) is 8.17. The number of fused-ring (bicyclic) bond motifs is 2. The number of hydrogen-bond acceptors (Lipinski definition) is 7. The minimum absolute atomic E-state index is 0.158. The van der Waals surface area contributed by atoms with Crippen LogP contribution in [0.25, 0.3) is 0 Å². The molecule has 0 amide bonds. The van der Waals surface area contributed by atoms with Gasteiger partial charge >= 0.3 is 11.9 Å². The van der Waals surface area contributed by atoms with Gasteiger partial charge in [0.15, 0.2) is 0 Å². The maximum Gasteiger partial charge on any atom is 0.323 e. The number of rotatable bonds is 8. The highest BCUT2D eigenvalue weighted by Crippen LogP contribution is 2.40. The topological polar surface area (TPSA) is 62.3 Å². The zero-order valence-electron chi connectivity index (χ0n) is 22.0. The molecule has 2 bridgehead atoms. The van der Waals surface area contributed by atoms with Crippen molar-refractivity contribution in [3.05, 3.63) is 108 Å². The Balaban J connectivity index is 1.57. The third-order valence-corrected chi connectivity index (χ3v) is 7.77. The Labute approximate surface area is 224 Å². The van der Waals surface area contributed by atoms with Gasteiger partial charge in [-0.2, -0.15) is 0 Å². The van der Waals surface area contributed by atoms with Crippen molar-refractivity contribution in [1.82, 2.24) is 14.7 Å². The van der Waals surface area contributed by atoms with Gasteiger partial charge < -0.3 is 9.47 Å². The molecule has 2 saturated heterocycles. The van der Waals surface area contributed by atoms with Gasteiger partial charge in [-0.15, -0.1) is 0 Å². The van der Waals surface area contributed by atoms with E-state index in [4.69, 9.17) is 9.47 Å². The minimum atomic E-state index is -0.431. The van der Waals surface area contributed by atoms with E-state index in [9.17, 15) is 9.59 Å². The monoisotopic (exact) mass is 513 g/mol. The van der Waals surface area contributed by atoms with Crippen LogP contribution < -0.4 is 0 Å². The lowest BCUT2D eigenvalue weighted by molar-refractivity contribution is -0.201. The molecule has 2 fully saturated rings. The van der Waals surface area contributed by atoms with E-state index >= 15 is 0 Å². The third kappa shape index (κ3) is 5.50. The molecule has 2 aliphatic heterocycles. The first-order chi connectivity index (χ1) is 18.6. The van der Waals surface area contributed by atoms with Gasteiger partial charge in [0.05, 0.1) is 26.6 Å². The highest BCUT2D eigenvalue weighted by Gasteiger charge is 2.53. The van der Waals surface area contributed by atoms with Crippen LogP contribution in [0.3, 0.4) is 0 Å². The molecule has 2 aliphatic rings. The Morgan fingerprint density at radius 1 is 0.579 bits per heavy atom. The van der Waals surface area contributed by atoms with Gasteiger partial charge in [0.1, 0.15) is 12.1 Å². The molecule has 0 spiro atoms. The fraction of sp³-hybridized carbons (Fsp3) is 0.355. The normalized spacial score (nSPS) is 24.1. The van der Waals surface area contributed by atoms with E-state index in [-0.39, 0.29) is 24.3 Å². The quantitative estimate of drug-likeness (QED) is 0.422. The number of carbonyl (C=O) groups is 2. The van der Waals surface area contributed by atoms with E-state index < -0.39 is 12.1 Å². The zero-order chi connectivity index (χ0) is 26.5. The molecule has 38 heavy (non-hydrogen) atoms. The molecule has 0 aromatic heterocycles. The summed E-state index contributed by atoms with van der Waals surface area (Å²) < 4.78 is 10.6. The lowest BCUT2D eigenvalue weighted by Crippen LogP contribution is -2.73. The van der Waals surface area contributed by atoms with Gasteiger partial charge in [0, 0.05) is 32.5 Å². The summed E-state index contributed by atoms with van der Waals surface area (Å²) in [5.41, 5.74) is 3.41. The summed E-state index contributed by atoms with van der Waals surface area (Å²) >= 11 is 0. The number of ether oxygens (including phenoxy) is 2. The number of benzene rings is 3. The zero-order valence-corrected chi connectivity index (χ0v) is 22.0. The first-order valence-corrected chi connectivity index (χ1v) is 13.1. The highest BCUT2D eigenvalue weighted by atomic mass is 16.5. The maximum absolute atomic E-state index is 13.2. The molecule has 0 saturated carbocycles. The predicted molar refractivity (Wildman–Crippen MR) is 144 cm³/mol. The van der Waals surface area contributed by atoms with Crippen molar-refractivity contribution in [2.75, 3.05) is 14.2 Å². The molecular weight excluding hydrogens is 478 g/mol. The first kappa shape index (κ1) is 26.1. The van der Waals surface area contributed by atoms with Crippen molar-refractivity contribution in [3.8, 4) is 0 Å². The number of methoxy groups -OCH3 is 2. The van der Waals surface area contributed by atoms with Crippen LogP contribution in [0.4, 0.5) is 0 Å². The maximum atomic E-state index is 13.2. The molecular formula is C31H35N3O4. The van der Waals surface area contributed by atoms with Crippen LogP contribution in [0.5, 0.6) is 0 Å². The van der Waals surface area contributed by atoms with Crippen molar-refractivity contribution in [2.45, 2.75) is 56.9 Å². The van der Waals surface area contributed by atoms with Crippen LogP contribution in [0.1, 0.15) is 29.5 Å². The van der Waals surface area contributed by atoms with Crippen molar-refractivity contribution in [2.24, 2.45) is 0 Å². The molecule has 7 nitrogen and oxygen atoms in total. The second kappa shape index (κ2) is 11.9. The Bertz CT molecular complexity index is 1130. The van der Waals surface area contributed by atoms with Gasteiger partial charge in [-0.1, -0.05) is 91.0 Å². The summed E-state index contributed by atoms with van der Waals surface area (Å²) in [5, 5.41) is 0. The van der Waals surface area contributed by atoms with Crippen molar-refractivity contribution >= 4 is 11.9 Å². The average molecular weight is 514 g/mol. The Morgan fingerprint density at radius 3 is 1.21 bits per heavy atom. The van der Waals surface area contributed by atoms with Crippen LogP contribution >= 0.6 is 0 Å². The Hall–Kier alpha value is -3.52. The first-order valence-electron chi connectivity index (χ1n) is 13.1. The molecule has 7 heteroatoms. The van der Waals surface area contributed by atoms with Crippen LogP contribution in [-0.2, 0) is 38.7 Å². The molecule has 0 aliphatic carbocycles. The largest absolute Gasteiger partial charge is 0.468 e. The molecule has 3 aromatic rings. The Morgan fingerprint density at radius 2 is 0.895 bits per heavy atom. The van der Waals surface area contributed by atoms with E-state index in [0.717, 1.165) is 11.1 Å². The van der Waals surface area contributed by atoms with Gasteiger partial charge in [-0.25, -0.2) is 0 Å². The fourth-order valence-corrected chi connectivity index (χ4v) is 5.97. The van der Waals surface area contributed by atoms with Gasteiger partial charge in [-0.3, -0.25) is 24.3 Å². The van der Waals surface area contributed by atoms with Crippen molar-refractivity contribution in [3.63, 3.8) is 0 Å². The molecule has 198 valence electrons. The third-order valence-electron chi connectivity index (χ3n) is 7.77. The molecule has 1 unspecified atom stereocenters. The van der Waals surface area contributed by atoms with Gasteiger partial charge in [-0.05, 0) is 16.7 Å². The predicted octanol–water partition coefficient (Wildman–Crippen LogP) is 4.04. The van der Waals surface area contributed by atoms with Crippen molar-refractivity contribution < 1.29 is 19.1 Å². The van der Waals surface area contributed by atoms with Crippen LogP contribution in [0.2, 0.25) is 0 Å². The molecule has 4 atom stereocenters. The number of hydrogen-bond donors (Lipinski definition) is 0. The standard InChI is InChI=1S/C31H35N3O4/c1-37-30(35)26-18-28-33(21-24-14-8-4-9-15-24)27(31(36)38-2)19-29(32(26)20-23-12-6-3-7-13-23)34(28)22-25-16-10-5-11-17-25/h3-17,26-29H,18-22H2,1-2H3/t26-,27?,28-,29-/m1/s1. The van der Waals surface area contributed by atoms with E-state index in [1.807, 2.05) is 54.6 Å². The van der Waals surface area contributed by atoms with Gasteiger partial charge in [0.25, 0.3) is 0 Å². The minimum Gasteiger partial charge on any atom is -0.468 e. The highest BCUT2D eigenvalue weighted by molar-refractivity contribution is 5.77. The summed E-state index contributed by atoms with van der Waals surface area (Å²) in [6, 6.07) is 29.8. The summed E-state index contributed by atoms with van der Waals surface area (Å²) in [6.45, 7) is 1.86. The SMILES string of the molecule is COC(=O)C1C[C@@H]2N(Cc3ccccc3)[C@@H](C(=O)OC)C[C@H](N1Cc1ccccc1)N2Cc1ccccc1. The van der Waals surface area contributed by atoms with E-state index in [1.54, 1.807) is 0 Å². The van der Waals surface area contributed by atoms with Crippen molar-refractivity contribution in [1.29, 1.82) is 0 Å². The fourth-order valence-electron chi connectivity index (χ4n) is 5.97. The van der Waals surface area contributed by atoms with Crippen LogP contribution in [-0.4, -0.2) is 65.3 Å². The van der Waals surface area contributed by atoms with E-state index in [2.05, 4.69) is 51.1 Å². The summed E-state index contributed by atoms with van der Waals surface area (Å²) in [7, 11) is 2.91. The van der Waals surface area contributed by atoms with Gasteiger partial charge in [0.2, 0.25) is 0 Å². The second-order valence-corrected chi connectivity index (χ2v) is 9.98. The summed E-state index contributed by atoms with van der Waals surface area (Å²) in [6.07, 6.45) is 0.718. The lowest BCUT2D eigenvalue weighted by atomic mass is 9.90. The molecule has 3 aromatic carbocycles. The number of carbonyl (C=O) groups excluding carboxylic acids is 2. The average Bonchev–Trinajstić information content (AvgIpc) is 2.96. The summed E-state index contributed by atoms with van der Waals surface area (Å²) in [5.74, 6) is -0.488. The number of esters is 2. The van der Waals surface area contributed by atoms with E-state index in [1.165, 1.54) is 19.8 Å². The van der Waals surface area contributed by atoms with Crippen LogP contribution in [0.15, 0.2) is 91.0 Å². The van der Waals surface area contributed by atoms with Crippen LogP contribution in [0, 0.1) is 0 Å². The smallest absolute Gasteiger partial charge is 0.323 e. The molecule has 5 rings (SSSR count). The second-order valence-electron chi connectivity index (χ2n) is 9.98. The number of nitrogens with zero attached hydrogens (tertiary/aromatic N) is 3. The summed E-state index contributed by atoms with van der Waals surface area (Å²) in [4.78, 5) is 33.3. The molecule has 0 radical (unpaired) electrons.